The van der Waals surface area contributed by atoms with Crippen molar-refractivity contribution >= 4 is 11.9 Å². The fourth-order valence-electron chi connectivity index (χ4n) is 11.9. The third-order valence-electron chi connectivity index (χ3n) is 17.7. The topological polar surface area (TPSA) is 95.9 Å². The molecule has 83 heavy (non-hydrogen) atoms. The van der Waals surface area contributed by atoms with Crippen molar-refractivity contribution in [3.05, 3.63) is 36.5 Å². The summed E-state index contributed by atoms with van der Waals surface area (Å²) in [6, 6.07) is -0.627. The molecule has 0 heterocycles. The van der Waals surface area contributed by atoms with E-state index in [0.29, 0.717) is 19.4 Å². The number of carbonyl (C=O) groups excluding carboxylic acids is 2. The van der Waals surface area contributed by atoms with E-state index < -0.39 is 12.1 Å². The predicted molar refractivity (Wildman–Crippen MR) is 366 cm³/mol. The van der Waals surface area contributed by atoms with Crippen LogP contribution >= 0.6 is 0 Å². The van der Waals surface area contributed by atoms with Crippen LogP contribution in [-0.2, 0) is 14.3 Å². The molecule has 0 saturated heterocycles. The Hall–Kier alpha value is -1.92. The van der Waals surface area contributed by atoms with Crippen LogP contribution in [0.4, 0.5) is 0 Å². The first-order chi connectivity index (χ1) is 41.0. The highest BCUT2D eigenvalue weighted by Crippen LogP contribution is 2.19. The molecule has 3 N–H and O–H groups in total. The van der Waals surface area contributed by atoms with Crippen LogP contribution in [0, 0.1) is 0 Å². The Labute approximate surface area is 519 Å². The number of aliphatic hydroxyl groups excluding tert-OH is 2. The van der Waals surface area contributed by atoms with Gasteiger partial charge in [-0.15, -0.1) is 0 Å². The third kappa shape index (κ3) is 69.1. The highest BCUT2D eigenvalue weighted by Gasteiger charge is 2.18. The van der Waals surface area contributed by atoms with Crippen molar-refractivity contribution < 1.29 is 24.5 Å². The van der Waals surface area contributed by atoms with Crippen LogP contribution in [0.2, 0.25) is 0 Å². The fourth-order valence-corrected chi connectivity index (χ4v) is 11.9. The Kier molecular flexibility index (Phi) is 70.9. The Balaban J connectivity index is 3.38. The van der Waals surface area contributed by atoms with Gasteiger partial charge in [-0.1, -0.05) is 378 Å². The lowest BCUT2D eigenvalue weighted by Gasteiger charge is -2.20. The van der Waals surface area contributed by atoms with E-state index in [1.807, 2.05) is 6.08 Å². The van der Waals surface area contributed by atoms with Crippen LogP contribution in [0.5, 0.6) is 0 Å². The molecule has 6 nitrogen and oxygen atoms in total. The largest absolute Gasteiger partial charge is 0.466 e. The second-order valence-corrected chi connectivity index (χ2v) is 26.0. The van der Waals surface area contributed by atoms with Crippen LogP contribution in [-0.4, -0.2) is 47.4 Å². The summed E-state index contributed by atoms with van der Waals surface area (Å²) < 4.78 is 5.49. The number of hydrogen-bond donors (Lipinski definition) is 3. The molecule has 0 aromatic heterocycles. The van der Waals surface area contributed by atoms with Crippen LogP contribution < -0.4 is 5.32 Å². The molecular formula is C77H147NO5. The molecule has 6 heteroatoms. The number of aliphatic hydroxyl groups is 2. The number of ether oxygens (including phenoxy) is 1. The van der Waals surface area contributed by atoms with Gasteiger partial charge in [0.05, 0.1) is 25.4 Å². The third-order valence-corrected chi connectivity index (χ3v) is 17.7. The van der Waals surface area contributed by atoms with Crippen LogP contribution in [0.1, 0.15) is 418 Å². The maximum absolute atomic E-state index is 12.5. The molecule has 0 aliphatic rings. The van der Waals surface area contributed by atoms with Gasteiger partial charge in [-0.2, -0.15) is 0 Å². The molecule has 0 aliphatic carbocycles. The first-order valence-corrected chi connectivity index (χ1v) is 37.8. The number of unbranched alkanes of at least 4 members (excludes halogenated alkanes) is 56. The van der Waals surface area contributed by atoms with Gasteiger partial charge in [-0.25, -0.2) is 0 Å². The van der Waals surface area contributed by atoms with E-state index in [4.69, 9.17) is 4.74 Å². The molecule has 0 spiro atoms. The Morgan fingerprint density at radius 1 is 0.337 bits per heavy atom. The SMILES string of the molecule is CCCCCC/C=C\C/C=C\CCCCCCCC(=O)OCCCCCCCCCCCCCCCCCCCCCCCCCCCCCC(=O)NC(CO)C(O)/C=C/CCCCCCCCCCCCCCCCCCCCCCC. The molecule has 490 valence electrons. The van der Waals surface area contributed by atoms with Gasteiger partial charge in [0.25, 0.3) is 0 Å². The number of esters is 1. The van der Waals surface area contributed by atoms with E-state index in [9.17, 15) is 19.8 Å². The normalized spacial score (nSPS) is 12.7. The van der Waals surface area contributed by atoms with E-state index in [1.165, 1.54) is 340 Å². The fraction of sp³-hybridized carbons (Fsp3) is 0.896. The lowest BCUT2D eigenvalue weighted by atomic mass is 10.0. The van der Waals surface area contributed by atoms with E-state index in [-0.39, 0.29) is 18.5 Å². The zero-order valence-corrected chi connectivity index (χ0v) is 56.2. The zero-order chi connectivity index (χ0) is 59.9. The maximum Gasteiger partial charge on any atom is 0.305 e. The second kappa shape index (κ2) is 72.6. The number of nitrogens with one attached hydrogen (secondary N) is 1. The summed E-state index contributed by atoms with van der Waals surface area (Å²) in [5.41, 5.74) is 0. The van der Waals surface area contributed by atoms with Crippen molar-refractivity contribution in [3.8, 4) is 0 Å². The van der Waals surface area contributed by atoms with Gasteiger partial charge in [0.15, 0.2) is 0 Å². The molecule has 0 fully saturated rings. The second-order valence-electron chi connectivity index (χ2n) is 26.0. The number of rotatable bonds is 71. The number of carbonyl (C=O) groups is 2. The van der Waals surface area contributed by atoms with Gasteiger partial charge in [0, 0.05) is 12.8 Å². The molecule has 2 unspecified atom stereocenters. The van der Waals surface area contributed by atoms with Crippen molar-refractivity contribution in [2.75, 3.05) is 13.2 Å². The summed E-state index contributed by atoms with van der Waals surface area (Å²) in [5.74, 6) is -0.0560. The number of hydrogen-bond acceptors (Lipinski definition) is 5. The Morgan fingerprint density at radius 3 is 0.928 bits per heavy atom. The van der Waals surface area contributed by atoms with Gasteiger partial charge < -0.3 is 20.3 Å². The minimum atomic E-state index is -0.844. The molecule has 0 aliphatic heterocycles. The molecule has 0 aromatic carbocycles. The van der Waals surface area contributed by atoms with Gasteiger partial charge in [0.2, 0.25) is 5.91 Å². The van der Waals surface area contributed by atoms with Crippen molar-refractivity contribution in [2.24, 2.45) is 0 Å². The summed E-state index contributed by atoms with van der Waals surface area (Å²) in [7, 11) is 0. The monoisotopic (exact) mass is 1170 g/mol. The molecule has 2 atom stereocenters. The zero-order valence-electron chi connectivity index (χ0n) is 56.2. The first kappa shape index (κ1) is 81.1. The van der Waals surface area contributed by atoms with Crippen LogP contribution in [0.15, 0.2) is 36.5 Å². The molecule has 0 saturated carbocycles. The van der Waals surface area contributed by atoms with Gasteiger partial charge >= 0.3 is 5.97 Å². The summed E-state index contributed by atoms with van der Waals surface area (Å²) >= 11 is 0. The van der Waals surface area contributed by atoms with Crippen LogP contribution in [0.25, 0.3) is 0 Å². The predicted octanol–water partition coefficient (Wildman–Crippen LogP) is 24.7. The standard InChI is InChI=1S/C77H147NO5/c1-3-5-7-9-11-13-15-17-19-21-22-23-29-32-35-38-41-45-49-53-57-61-65-69-75(80)74(73-79)78-76(81)70-66-62-58-54-50-46-42-39-36-33-30-27-25-24-26-28-31-34-37-40-44-48-52-56-60-64-68-72-83-77(82)71-67-63-59-55-51-47-43-20-18-16-14-12-10-8-6-4-2/h14,16,20,43,65,69,74-75,79-80H,3-13,15,17-19,21-42,44-64,66-68,70-73H2,1-2H3,(H,78,81)/b16-14-,43-20-,69-65+. The highest BCUT2D eigenvalue weighted by atomic mass is 16.5. The van der Waals surface area contributed by atoms with E-state index in [1.54, 1.807) is 6.08 Å². The average Bonchev–Trinajstić information content (AvgIpc) is 3.49. The minimum absolute atomic E-state index is 0.00488. The van der Waals surface area contributed by atoms with E-state index >= 15 is 0 Å². The van der Waals surface area contributed by atoms with Gasteiger partial charge in [-0.3, -0.25) is 9.59 Å². The van der Waals surface area contributed by atoms with Crippen molar-refractivity contribution in [3.63, 3.8) is 0 Å². The number of allylic oxidation sites excluding steroid dienone is 5. The molecule has 1 amide bonds. The summed E-state index contributed by atoms with van der Waals surface area (Å²) in [6.45, 7) is 4.92. The van der Waals surface area contributed by atoms with E-state index in [2.05, 4.69) is 43.5 Å². The minimum Gasteiger partial charge on any atom is -0.466 e. The Morgan fingerprint density at radius 2 is 0.602 bits per heavy atom. The molecule has 0 radical (unpaired) electrons. The van der Waals surface area contributed by atoms with Gasteiger partial charge in [-0.05, 0) is 64.2 Å². The smallest absolute Gasteiger partial charge is 0.305 e. The van der Waals surface area contributed by atoms with E-state index in [0.717, 1.165) is 51.4 Å². The molecule has 0 rings (SSSR count). The van der Waals surface area contributed by atoms with Crippen molar-refractivity contribution in [1.29, 1.82) is 0 Å². The summed E-state index contributed by atoms with van der Waals surface area (Å²) in [5, 5.41) is 23.3. The van der Waals surface area contributed by atoms with Crippen LogP contribution in [0.3, 0.4) is 0 Å². The molecule has 0 aromatic rings. The lowest BCUT2D eigenvalue weighted by molar-refractivity contribution is -0.143. The average molecular weight is 1170 g/mol. The summed E-state index contributed by atoms with van der Waals surface area (Å²) in [4.78, 5) is 24.6. The maximum atomic E-state index is 12.5. The van der Waals surface area contributed by atoms with Crippen molar-refractivity contribution in [1.82, 2.24) is 5.32 Å². The highest BCUT2D eigenvalue weighted by molar-refractivity contribution is 5.76. The van der Waals surface area contributed by atoms with Crippen molar-refractivity contribution in [2.45, 2.75) is 431 Å². The first-order valence-electron chi connectivity index (χ1n) is 37.8. The number of amides is 1. The quantitative estimate of drug-likeness (QED) is 0.0320. The lowest BCUT2D eigenvalue weighted by Crippen LogP contribution is -2.45. The van der Waals surface area contributed by atoms with Gasteiger partial charge in [0.1, 0.15) is 0 Å². The molecule has 0 bridgehead atoms. The Bertz CT molecular complexity index is 1340. The summed E-state index contributed by atoms with van der Waals surface area (Å²) in [6.07, 6.45) is 93.8. The molecular weight excluding hydrogens is 1020 g/mol.